The molecule has 1 aliphatic rings. The third-order valence-electron chi connectivity index (χ3n) is 4.32. The number of nitrogens with two attached hydrogens (primary N) is 1. The SMILES string of the molecule is NC(=O)c1ccc(-c2cn(CCN3CCCCC3)nc2O)cc1. The number of hydrogen-bond acceptors (Lipinski definition) is 4. The van der Waals surface area contributed by atoms with Crippen LogP contribution in [0, 0.1) is 0 Å². The molecule has 0 unspecified atom stereocenters. The summed E-state index contributed by atoms with van der Waals surface area (Å²) in [7, 11) is 0. The molecule has 6 nitrogen and oxygen atoms in total. The highest BCUT2D eigenvalue weighted by molar-refractivity contribution is 5.93. The van der Waals surface area contributed by atoms with Crippen molar-refractivity contribution in [1.29, 1.82) is 0 Å². The predicted octanol–water partition coefficient (Wildman–Crippen LogP) is 1.84. The standard InChI is InChI=1S/C17H22N4O2/c18-16(22)14-6-4-13(5-7-14)15-12-21(19-17(15)23)11-10-20-8-2-1-3-9-20/h4-7,12H,1-3,8-11H2,(H2,18,22)(H,19,23). The van der Waals surface area contributed by atoms with E-state index in [1.54, 1.807) is 28.9 Å². The molecule has 1 aromatic heterocycles. The van der Waals surface area contributed by atoms with Crippen LogP contribution < -0.4 is 5.73 Å². The van der Waals surface area contributed by atoms with Gasteiger partial charge in [0.2, 0.25) is 11.8 Å². The number of amides is 1. The van der Waals surface area contributed by atoms with Gasteiger partial charge in [0.15, 0.2) is 0 Å². The normalized spacial score (nSPS) is 15.7. The van der Waals surface area contributed by atoms with Gasteiger partial charge in [0.25, 0.3) is 0 Å². The van der Waals surface area contributed by atoms with Crippen molar-refractivity contribution in [3.05, 3.63) is 36.0 Å². The van der Waals surface area contributed by atoms with Gasteiger partial charge in [0.05, 0.1) is 12.1 Å². The van der Waals surface area contributed by atoms with E-state index in [0.29, 0.717) is 11.1 Å². The van der Waals surface area contributed by atoms with Crippen molar-refractivity contribution in [2.45, 2.75) is 25.8 Å². The zero-order chi connectivity index (χ0) is 16.2. The zero-order valence-electron chi connectivity index (χ0n) is 13.1. The van der Waals surface area contributed by atoms with Crippen molar-refractivity contribution in [3.8, 4) is 17.0 Å². The first-order valence-electron chi connectivity index (χ1n) is 8.02. The van der Waals surface area contributed by atoms with Crippen molar-refractivity contribution in [1.82, 2.24) is 14.7 Å². The molecular formula is C17H22N4O2. The van der Waals surface area contributed by atoms with Crippen molar-refractivity contribution in [3.63, 3.8) is 0 Å². The van der Waals surface area contributed by atoms with E-state index < -0.39 is 5.91 Å². The average Bonchev–Trinajstić information content (AvgIpc) is 2.95. The summed E-state index contributed by atoms with van der Waals surface area (Å²) in [4.78, 5) is 13.5. The molecule has 3 rings (SSSR count). The first-order valence-corrected chi connectivity index (χ1v) is 8.02. The van der Waals surface area contributed by atoms with Gasteiger partial charge in [0.1, 0.15) is 0 Å². The highest BCUT2D eigenvalue weighted by Gasteiger charge is 2.13. The van der Waals surface area contributed by atoms with Gasteiger partial charge in [-0.2, -0.15) is 0 Å². The number of benzene rings is 1. The maximum Gasteiger partial charge on any atom is 0.248 e. The largest absolute Gasteiger partial charge is 0.492 e. The Bertz CT molecular complexity index is 672. The number of rotatable bonds is 5. The molecule has 0 spiro atoms. The summed E-state index contributed by atoms with van der Waals surface area (Å²) in [6.07, 6.45) is 5.70. The van der Waals surface area contributed by atoms with Gasteiger partial charge in [-0.3, -0.25) is 9.48 Å². The number of nitrogens with zero attached hydrogens (tertiary/aromatic N) is 3. The monoisotopic (exact) mass is 314 g/mol. The maximum absolute atomic E-state index is 11.1. The number of carbonyl (C=O) groups excluding carboxylic acids is 1. The van der Waals surface area contributed by atoms with Crippen LogP contribution in [0.4, 0.5) is 0 Å². The van der Waals surface area contributed by atoms with Gasteiger partial charge in [-0.15, -0.1) is 5.10 Å². The van der Waals surface area contributed by atoms with Crippen LogP contribution in [0.1, 0.15) is 29.6 Å². The molecule has 23 heavy (non-hydrogen) atoms. The summed E-state index contributed by atoms with van der Waals surface area (Å²) in [6, 6.07) is 6.85. The summed E-state index contributed by atoms with van der Waals surface area (Å²) in [5, 5.41) is 14.2. The molecule has 0 saturated carbocycles. The lowest BCUT2D eigenvalue weighted by Crippen LogP contribution is -2.32. The number of aromatic nitrogens is 2. The smallest absolute Gasteiger partial charge is 0.248 e. The lowest BCUT2D eigenvalue weighted by Gasteiger charge is -2.26. The minimum absolute atomic E-state index is 0.00969. The van der Waals surface area contributed by atoms with Crippen LogP contribution in [0.2, 0.25) is 0 Å². The Balaban J connectivity index is 1.68. The summed E-state index contributed by atoms with van der Waals surface area (Å²) in [5.41, 5.74) is 7.17. The van der Waals surface area contributed by atoms with Crippen LogP contribution in [0.3, 0.4) is 0 Å². The molecular weight excluding hydrogens is 292 g/mol. The summed E-state index contributed by atoms with van der Waals surface area (Å²) in [5.74, 6) is -0.450. The Morgan fingerprint density at radius 3 is 2.48 bits per heavy atom. The van der Waals surface area contributed by atoms with Gasteiger partial charge >= 0.3 is 0 Å². The van der Waals surface area contributed by atoms with Crippen LogP contribution in [0.15, 0.2) is 30.5 Å². The van der Waals surface area contributed by atoms with Crippen molar-refractivity contribution < 1.29 is 9.90 Å². The van der Waals surface area contributed by atoms with Crippen LogP contribution >= 0.6 is 0 Å². The molecule has 1 aliphatic heterocycles. The molecule has 1 aromatic carbocycles. The van der Waals surface area contributed by atoms with E-state index >= 15 is 0 Å². The Hall–Kier alpha value is -2.34. The van der Waals surface area contributed by atoms with Gasteiger partial charge in [-0.1, -0.05) is 18.6 Å². The van der Waals surface area contributed by atoms with Crippen molar-refractivity contribution in [2.75, 3.05) is 19.6 Å². The molecule has 1 fully saturated rings. The zero-order valence-corrected chi connectivity index (χ0v) is 13.1. The average molecular weight is 314 g/mol. The van der Waals surface area contributed by atoms with Crippen molar-refractivity contribution in [2.24, 2.45) is 5.73 Å². The maximum atomic E-state index is 11.1. The number of likely N-dealkylation sites (tertiary alicyclic amines) is 1. The second kappa shape index (κ2) is 6.83. The third kappa shape index (κ3) is 3.71. The van der Waals surface area contributed by atoms with Gasteiger partial charge < -0.3 is 15.7 Å². The molecule has 2 aromatic rings. The molecule has 2 heterocycles. The van der Waals surface area contributed by atoms with Crippen molar-refractivity contribution >= 4 is 5.91 Å². The van der Waals surface area contributed by atoms with Crippen LogP contribution in [-0.4, -0.2) is 45.3 Å². The van der Waals surface area contributed by atoms with Crippen LogP contribution in [0.5, 0.6) is 5.88 Å². The Morgan fingerprint density at radius 2 is 1.83 bits per heavy atom. The quantitative estimate of drug-likeness (QED) is 0.882. The van der Waals surface area contributed by atoms with E-state index in [0.717, 1.165) is 31.7 Å². The highest BCUT2D eigenvalue weighted by Crippen LogP contribution is 2.27. The lowest BCUT2D eigenvalue weighted by molar-refractivity contribution is 0.100. The Morgan fingerprint density at radius 1 is 1.13 bits per heavy atom. The molecule has 0 bridgehead atoms. The molecule has 0 aliphatic carbocycles. The topological polar surface area (TPSA) is 84.4 Å². The molecule has 0 radical (unpaired) electrons. The van der Waals surface area contributed by atoms with E-state index in [1.807, 2.05) is 6.20 Å². The summed E-state index contributed by atoms with van der Waals surface area (Å²) < 4.78 is 1.78. The van der Waals surface area contributed by atoms with E-state index in [9.17, 15) is 9.90 Å². The minimum Gasteiger partial charge on any atom is -0.492 e. The number of carbonyl (C=O) groups is 1. The molecule has 3 N–H and O–H groups in total. The molecule has 1 saturated heterocycles. The third-order valence-corrected chi connectivity index (χ3v) is 4.32. The number of primary amides is 1. The highest BCUT2D eigenvalue weighted by atomic mass is 16.3. The van der Waals surface area contributed by atoms with Crippen LogP contribution in [0.25, 0.3) is 11.1 Å². The van der Waals surface area contributed by atoms with Gasteiger partial charge in [-0.05, 0) is 43.6 Å². The van der Waals surface area contributed by atoms with Gasteiger partial charge in [0, 0.05) is 18.3 Å². The fourth-order valence-corrected chi connectivity index (χ4v) is 2.97. The van der Waals surface area contributed by atoms with Gasteiger partial charge in [-0.25, -0.2) is 0 Å². The molecule has 122 valence electrons. The van der Waals surface area contributed by atoms with E-state index in [-0.39, 0.29) is 5.88 Å². The summed E-state index contributed by atoms with van der Waals surface area (Å²) in [6.45, 7) is 4.00. The fraction of sp³-hybridized carbons (Fsp3) is 0.412. The van der Waals surface area contributed by atoms with Crippen LogP contribution in [-0.2, 0) is 6.54 Å². The second-order valence-corrected chi connectivity index (χ2v) is 5.97. The number of aromatic hydroxyl groups is 1. The molecule has 0 atom stereocenters. The first-order chi connectivity index (χ1) is 11.1. The second-order valence-electron chi connectivity index (χ2n) is 5.97. The van der Waals surface area contributed by atoms with E-state index in [2.05, 4.69) is 10.00 Å². The van der Waals surface area contributed by atoms with E-state index in [1.165, 1.54) is 19.3 Å². The number of piperidine rings is 1. The minimum atomic E-state index is -0.460. The first kappa shape index (κ1) is 15.6. The fourth-order valence-electron chi connectivity index (χ4n) is 2.97. The number of hydrogen-bond donors (Lipinski definition) is 2. The summed E-state index contributed by atoms with van der Waals surface area (Å²) >= 11 is 0. The van der Waals surface area contributed by atoms with E-state index in [4.69, 9.17) is 5.73 Å². The predicted molar refractivity (Wildman–Crippen MR) is 88.1 cm³/mol. The lowest BCUT2D eigenvalue weighted by atomic mass is 10.1. The Kier molecular flexibility index (Phi) is 4.62. The molecule has 6 heteroatoms. The Labute approximate surface area is 135 Å². The molecule has 1 amide bonds.